The molecular formula is C22H29N3O3. The predicted molar refractivity (Wildman–Crippen MR) is 108 cm³/mol. The molecule has 1 fully saturated rings. The van der Waals surface area contributed by atoms with Crippen LogP contribution in [-0.4, -0.2) is 45.8 Å². The number of nitrogens with zero attached hydrogens (tertiary/aromatic N) is 3. The molecule has 0 aliphatic heterocycles. The summed E-state index contributed by atoms with van der Waals surface area (Å²) in [7, 11) is 0. The Morgan fingerprint density at radius 1 is 1.14 bits per heavy atom. The predicted octanol–water partition coefficient (Wildman–Crippen LogP) is 3.83. The highest BCUT2D eigenvalue weighted by Crippen LogP contribution is 2.22. The summed E-state index contributed by atoms with van der Waals surface area (Å²) in [6.45, 7) is 6.35. The lowest BCUT2D eigenvalue weighted by Crippen LogP contribution is -2.43. The summed E-state index contributed by atoms with van der Waals surface area (Å²) in [4.78, 5) is 26.7. The summed E-state index contributed by atoms with van der Waals surface area (Å²) < 4.78 is 7.11. The highest BCUT2D eigenvalue weighted by molar-refractivity contribution is 5.91. The number of ether oxygens (including phenoxy) is 1. The molecule has 1 aromatic carbocycles. The second-order valence-electron chi connectivity index (χ2n) is 7.43. The molecule has 1 aliphatic carbocycles. The first kappa shape index (κ1) is 20.1. The molecule has 0 atom stereocenters. The Labute approximate surface area is 166 Å². The number of esters is 1. The van der Waals surface area contributed by atoms with Gasteiger partial charge in [0.1, 0.15) is 0 Å². The molecule has 6 nitrogen and oxygen atoms in total. The van der Waals surface area contributed by atoms with Gasteiger partial charge in [-0.05, 0) is 63.9 Å². The quantitative estimate of drug-likeness (QED) is 0.711. The summed E-state index contributed by atoms with van der Waals surface area (Å²) in [6.07, 6.45) is 5.65. The zero-order valence-corrected chi connectivity index (χ0v) is 17.0. The fourth-order valence-electron chi connectivity index (χ4n) is 3.95. The van der Waals surface area contributed by atoms with Crippen LogP contribution in [0.15, 0.2) is 30.3 Å². The number of aryl methyl sites for hydroxylation is 2. The summed E-state index contributed by atoms with van der Waals surface area (Å²) in [5.74, 6) is -0.588. The van der Waals surface area contributed by atoms with E-state index in [9.17, 15) is 9.59 Å². The van der Waals surface area contributed by atoms with E-state index in [1.54, 1.807) is 12.1 Å². The Kier molecular flexibility index (Phi) is 6.49. The van der Waals surface area contributed by atoms with E-state index >= 15 is 0 Å². The SMILES string of the molecule is CCN(C(=O)COC(=O)c1ccc(-n2nc(C)cc2C)cc1)C1CCCCC1. The van der Waals surface area contributed by atoms with Crippen LogP contribution in [0.1, 0.15) is 60.8 Å². The molecule has 0 bridgehead atoms. The van der Waals surface area contributed by atoms with Crippen molar-refractivity contribution in [3.05, 3.63) is 47.3 Å². The van der Waals surface area contributed by atoms with Crippen molar-refractivity contribution in [3.63, 3.8) is 0 Å². The molecule has 1 amide bonds. The maximum atomic E-state index is 12.5. The van der Waals surface area contributed by atoms with Gasteiger partial charge in [-0.1, -0.05) is 19.3 Å². The van der Waals surface area contributed by atoms with Crippen molar-refractivity contribution in [1.82, 2.24) is 14.7 Å². The Morgan fingerprint density at radius 3 is 2.39 bits per heavy atom. The van der Waals surface area contributed by atoms with Gasteiger partial charge in [-0.15, -0.1) is 0 Å². The van der Waals surface area contributed by atoms with Crippen molar-refractivity contribution in [2.24, 2.45) is 0 Å². The molecule has 1 heterocycles. The van der Waals surface area contributed by atoms with E-state index in [1.807, 2.05) is 48.6 Å². The number of hydrogen-bond donors (Lipinski definition) is 0. The Hall–Kier alpha value is -2.63. The maximum Gasteiger partial charge on any atom is 0.338 e. The fraction of sp³-hybridized carbons (Fsp3) is 0.500. The van der Waals surface area contributed by atoms with Gasteiger partial charge in [-0.25, -0.2) is 9.48 Å². The number of benzene rings is 1. The number of rotatable bonds is 6. The van der Waals surface area contributed by atoms with Crippen LogP contribution >= 0.6 is 0 Å². The average Bonchev–Trinajstić information content (AvgIpc) is 3.05. The number of hydrogen-bond acceptors (Lipinski definition) is 4. The molecular weight excluding hydrogens is 354 g/mol. The standard InChI is InChI=1S/C22H29N3O3/c1-4-24(19-8-6-5-7-9-19)21(26)15-28-22(27)18-10-12-20(13-11-18)25-17(3)14-16(2)23-25/h10-14,19H,4-9,15H2,1-3H3. The third kappa shape index (κ3) is 4.61. The minimum atomic E-state index is -0.479. The van der Waals surface area contributed by atoms with Crippen molar-refractivity contribution in [3.8, 4) is 5.69 Å². The van der Waals surface area contributed by atoms with E-state index in [0.717, 1.165) is 42.8 Å². The van der Waals surface area contributed by atoms with Gasteiger partial charge in [-0.2, -0.15) is 5.10 Å². The maximum absolute atomic E-state index is 12.5. The molecule has 150 valence electrons. The molecule has 28 heavy (non-hydrogen) atoms. The van der Waals surface area contributed by atoms with Crippen molar-refractivity contribution in [2.75, 3.05) is 13.2 Å². The third-order valence-electron chi connectivity index (χ3n) is 5.36. The van der Waals surface area contributed by atoms with Crippen LogP contribution in [0.2, 0.25) is 0 Å². The lowest BCUT2D eigenvalue weighted by atomic mass is 9.94. The van der Waals surface area contributed by atoms with E-state index in [-0.39, 0.29) is 18.6 Å². The van der Waals surface area contributed by atoms with Gasteiger partial charge >= 0.3 is 5.97 Å². The molecule has 0 unspecified atom stereocenters. The molecule has 2 aromatic rings. The molecule has 1 aliphatic rings. The van der Waals surface area contributed by atoms with Crippen LogP contribution in [0.25, 0.3) is 5.69 Å². The van der Waals surface area contributed by atoms with Crippen LogP contribution in [0.4, 0.5) is 0 Å². The van der Waals surface area contributed by atoms with Crippen LogP contribution < -0.4 is 0 Å². The molecule has 0 N–H and O–H groups in total. The molecule has 0 radical (unpaired) electrons. The summed E-state index contributed by atoms with van der Waals surface area (Å²) in [5, 5.41) is 4.44. The van der Waals surface area contributed by atoms with Crippen LogP contribution in [0.3, 0.4) is 0 Å². The molecule has 1 saturated carbocycles. The molecule has 0 saturated heterocycles. The number of aromatic nitrogens is 2. The van der Waals surface area contributed by atoms with E-state index in [2.05, 4.69) is 5.10 Å². The van der Waals surface area contributed by atoms with Gasteiger partial charge in [0.25, 0.3) is 5.91 Å². The van der Waals surface area contributed by atoms with Crippen molar-refractivity contribution < 1.29 is 14.3 Å². The first-order valence-corrected chi connectivity index (χ1v) is 10.1. The van der Waals surface area contributed by atoms with Crippen molar-refractivity contribution >= 4 is 11.9 Å². The molecule has 3 rings (SSSR count). The van der Waals surface area contributed by atoms with Gasteiger partial charge < -0.3 is 9.64 Å². The number of likely N-dealkylation sites (N-methyl/N-ethyl adjacent to an activating group) is 1. The fourth-order valence-corrected chi connectivity index (χ4v) is 3.95. The summed E-state index contributed by atoms with van der Waals surface area (Å²) in [6, 6.07) is 9.36. The normalized spacial score (nSPS) is 14.7. The Bertz CT molecular complexity index is 820. The highest BCUT2D eigenvalue weighted by Gasteiger charge is 2.25. The van der Waals surface area contributed by atoms with Crippen LogP contribution in [-0.2, 0) is 9.53 Å². The minimum absolute atomic E-state index is 0.109. The van der Waals surface area contributed by atoms with Crippen LogP contribution in [0.5, 0.6) is 0 Å². The smallest absolute Gasteiger partial charge is 0.338 e. The Morgan fingerprint density at radius 2 is 1.82 bits per heavy atom. The topological polar surface area (TPSA) is 64.4 Å². The molecule has 1 aromatic heterocycles. The zero-order valence-electron chi connectivity index (χ0n) is 17.0. The lowest BCUT2D eigenvalue weighted by molar-refractivity contribution is -0.137. The van der Waals surface area contributed by atoms with E-state index in [4.69, 9.17) is 4.74 Å². The summed E-state index contributed by atoms with van der Waals surface area (Å²) >= 11 is 0. The largest absolute Gasteiger partial charge is 0.452 e. The monoisotopic (exact) mass is 383 g/mol. The zero-order chi connectivity index (χ0) is 20.1. The van der Waals surface area contributed by atoms with Gasteiger partial charge in [0.05, 0.1) is 16.9 Å². The van der Waals surface area contributed by atoms with Gasteiger partial charge in [0.2, 0.25) is 0 Å². The second kappa shape index (κ2) is 9.04. The molecule has 6 heteroatoms. The van der Waals surface area contributed by atoms with Crippen molar-refractivity contribution in [2.45, 2.75) is 58.9 Å². The minimum Gasteiger partial charge on any atom is -0.452 e. The first-order valence-electron chi connectivity index (χ1n) is 10.1. The van der Waals surface area contributed by atoms with E-state index in [0.29, 0.717) is 12.1 Å². The second-order valence-corrected chi connectivity index (χ2v) is 7.43. The van der Waals surface area contributed by atoms with Gasteiger partial charge in [0, 0.05) is 18.3 Å². The Balaban J connectivity index is 1.58. The summed E-state index contributed by atoms with van der Waals surface area (Å²) in [5.41, 5.74) is 3.28. The van der Waals surface area contributed by atoms with Gasteiger partial charge in [-0.3, -0.25) is 4.79 Å². The average molecular weight is 383 g/mol. The van der Waals surface area contributed by atoms with Crippen molar-refractivity contribution in [1.29, 1.82) is 0 Å². The van der Waals surface area contributed by atoms with E-state index in [1.165, 1.54) is 6.42 Å². The number of carbonyl (C=O) groups excluding carboxylic acids is 2. The number of amides is 1. The van der Waals surface area contributed by atoms with E-state index < -0.39 is 5.97 Å². The lowest BCUT2D eigenvalue weighted by Gasteiger charge is -2.33. The highest BCUT2D eigenvalue weighted by atomic mass is 16.5. The van der Waals surface area contributed by atoms with Gasteiger partial charge in [0.15, 0.2) is 6.61 Å². The molecule has 0 spiro atoms. The third-order valence-corrected chi connectivity index (χ3v) is 5.36. The first-order chi connectivity index (χ1) is 13.5. The van der Waals surface area contributed by atoms with Crippen LogP contribution in [0, 0.1) is 13.8 Å². The number of carbonyl (C=O) groups is 2.